The normalized spacial score (nSPS) is 13.6. The molecule has 440 valence electrons. The summed E-state index contributed by atoms with van der Waals surface area (Å²) in [6.07, 6.45) is 23.7. The second-order valence-electron chi connectivity index (χ2n) is 25.5. The molecular weight excluding hydrogens is 1080 g/mol. The van der Waals surface area contributed by atoms with Gasteiger partial charge in [-0.05, 0) is 158 Å². The highest BCUT2D eigenvalue weighted by Crippen LogP contribution is 2.55. The molecule has 0 saturated heterocycles. The van der Waals surface area contributed by atoms with Crippen molar-refractivity contribution >= 4 is 143 Å². The predicted molar refractivity (Wildman–Crippen MR) is 359 cm³/mol. The van der Waals surface area contributed by atoms with Crippen LogP contribution in [0.4, 0.5) is 11.4 Å². The lowest BCUT2D eigenvalue weighted by molar-refractivity contribution is 0.0502. The lowest BCUT2D eigenvalue weighted by Crippen LogP contribution is -2.47. The van der Waals surface area contributed by atoms with Gasteiger partial charge in [-0.15, -0.1) is 0 Å². The monoisotopic (exact) mass is 1160 g/mol. The summed E-state index contributed by atoms with van der Waals surface area (Å²) in [7, 11) is 0. The zero-order chi connectivity index (χ0) is 61.1. The first kappa shape index (κ1) is 58.1. The minimum atomic E-state index is -0.449. The smallest absolute Gasteiger partial charge is 0.262 e. The number of imide groups is 2. The molecule has 10 nitrogen and oxygen atoms in total. The van der Waals surface area contributed by atoms with Crippen LogP contribution in [0.1, 0.15) is 234 Å². The highest BCUT2D eigenvalue weighted by atomic mass is 16.2. The van der Waals surface area contributed by atoms with Crippen LogP contribution in [0.5, 0.6) is 0 Å². The number of amides is 4. The van der Waals surface area contributed by atoms with Crippen LogP contribution in [-0.2, 0) is 0 Å². The zero-order valence-corrected chi connectivity index (χ0v) is 51.4. The molecule has 88 heavy (non-hydrogen) atoms. The van der Waals surface area contributed by atoms with E-state index in [2.05, 4.69) is 98.1 Å². The summed E-state index contributed by atoms with van der Waals surface area (Å²) < 4.78 is 0. The van der Waals surface area contributed by atoms with Crippen LogP contribution in [0.25, 0.3) is 117 Å². The van der Waals surface area contributed by atoms with Crippen LogP contribution >= 0.6 is 0 Å². The van der Waals surface area contributed by atoms with Gasteiger partial charge in [-0.3, -0.25) is 29.0 Å². The zero-order valence-electron chi connectivity index (χ0n) is 51.4. The summed E-state index contributed by atoms with van der Waals surface area (Å²) in [6, 6.07) is 28.4. The molecule has 0 fully saturated rings. The van der Waals surface area contributed by atoms with Gasteiger partial charge in [0.25, 0.3) is 23.6 Å². The second kappa shape index (κ2) is 24.0. The molecule has 4 amide bonds. The van der Waals surface area contributed by atoms with E-state index in [0.29, 0.717) is 47.2 Å². The number of benzene rings is 11. The van der Waals surface area contributed by atoms with Crippen molar-refractivity contribution in [3.63, 3.8) is 0 Å². The van der Waals surface area contributed by atoms with E-state index in [-0.39, 0.29) is 56.8 Å². The van der Waals surface area contributed by atoms with Crippen molar-refractivity contribution in [2.24, 2.45) is 0 Å². The van der Waals surface area contributed by atoms with E-state index in [1.807, 2.05) is 24.3 Å². The van der Waals surface area contributed by atoms with Crippen molar-refractivity contribution in [1.82, 2.24) is 9.80 Å². The van der Waals surface area contributed by atoms with E-state index < -0.39 is 23.6 Å². The summed E-state index contributed by atoms with van der Waals surface area (Å²) in [5, 5.41) is 38.8. The third-order valence-corrected chi connectivity index (χ3v) is 20.3. The Morgan fingerprint density at radius 1 is 0.341 bits per heavy atom. The molecule has 11 aromatic carbocycles. The van der Waals surface area contributed by atoms with E-state index in [4.69, 9.17) is 13.1 Å². The number of hydrogen-bond donors (Lipinski definition) is 0. The van der Waals surface area contributed by atoms with Gasteiger partial charge in [-0.25, -0.2) is 9.69 Å². The first-order valence-corrected chi connectivity index (χ1v) is 33.0. The maximum Gasteiger partial charge on any atom is 0.262 e. The van der Waals surface area contributed by atoms with Crippen molar-refractivity contribution in [1.29, 1.82) is 10.5 Å². The predicted octanol–water partition coefficient (Wildman–Crippen LogP) is 21.7. The van der Waals surface area contributed by atoms with Gasteiger partial charge in [0, 0.05) is 12.1 Å². The molecule has 0 atom stereocenters. The molecule has 0 aliphatic carbocycles. The van der Waals surface area contributed by atoms with E-state index in [9.17, 15) is 10.5 Å². The van der Waals surface area contributed by atoms with Gasteiger partial charge in [0.2, 0.25) is 11.4 Å². The lowest BCUT2D eigenvalue weighted by Gasteiger charge is -2.35. The summed E-state index contributed by atoms with van der Waals surface area (Å²) in [4.78, 5) is 72.2. The van der Waals surface area contributed by atoms with Gasteiger partial charge in [-0.2, -0.15) is 10.5 Å². The molecule has 10 heteroatoms. The number of hydrogen-bond acceptors (Lipinski definition) is 6. The first-order chi connectivity index (χ1) is 43.1. The average Bonchev–Trinajstić information content (AvgIpc) is 0.721. The standard InChI is InChI=1S/C78H74N6O4/c1-7-11-15-19-23-27-47(28-24-20-16-12-8-2)83-75(85)63-45(43-79)39-57-53-35-31-49-50-32-36-54-58-40-46(44-80)64-74-70(58)60(42-62(82-6)72(74)78(88)84(76(64)86)48(29-25-21-17-13-9-3)30-26-22-18-14-10-4)56-38-34-52(66(50)68(54)56)51-33-37-55(67(53)65(49)51)59-41-61(81-5)71(77(83)87)73(63)69(57)59/h31-42,47-48H,7-30H2,1-4H3. The molecule has 0 saturated carbocycles. The lowest BCUT2D eigenvalue weighted by atomic mass is 9.78. The Bertz CT molecular complexity index is 4280. The molecule has 0 aromatic heterocycles. The van der Waals surface area contributed by atoms with Crippen LogP contribution in [-0.4, -0.2) is 45.5 Å². The van der Waals surface area contributed by atoms with Gasteiger partial charge in [0.1, 0.15) is 12.1 Å². The van der Waals surface area contributed by atoms with Gasteiger partial charge in [0.15, 0.2) is 0 Å². The molecule has 2 aliphatic rings. The number of fused-ring (bicyclic) bond motifs is 6. The molecule has 0 bridgehead atoms. The van der Waals surface area contributed by atoms with Crippen molar-refractivity contribution in [2.45, 2.75) is 194 Å². The minimum Gasteiger partial charge on any atom is -0.272 e. The highest BCUT2D eigenvalue weighted by molar-refractivity contribution is 6.48. The number of rotatable bonds is 26. The molecule has 2 aliphatic heterocycles. The largest absolute Gasteiger partial charge is 0.272 e. The van der Waals surface area contributed by atoms with Gasteiger partial charge in [-0.1, -0.05) is 205 Å². The molecule has 0 spiro atoms. The maximum atomic E-state index is 15.3. The van der Waals surface area contributed by atoms with Gasteiger partial charge < -0.3 is 0 Å². The Balaban J connectivity index is 0.985. The summed E-state index contributed by atoms with van der Waals surface area (Å²) in [5.74, 6) is -1.79. The number of carbonyl (C=O) groups excluding carboxylic acids is 4. The fourth-order valence-corrected chi connectivity index (χ4v) is 16.2. The highest BCUT2D eigenvalue weighted by Gasteiger charge is 2.43. The van der Waals surface area contributed by atoms with Crippen LogP contribution in [0.3, 0.4) is 0 Å². The Labute approximate surface area is 514 Å². The van der Waals surface area contributed by atoms with Crippen LogP contribution in [0, 0.1) is 35.8 Å². The molecule has 11 aromatic rings. The summed E-state index contributed by atoms with van der Waals surface area (Å²) in [5.41, 5.74) is 1.55. The topological polar surface area (TPSA) is 131 Å². The maximum absolute atomic E-state index is 15.3. The number of unbranched alkanes of at least 4 members (excludes halogenated alkanes) is 16. The number of nitrogens with zero attached hydrogens (tertiary/aromatic N) is 6. The van der Waals surface area contributed by atoms with Crippen molar-refractivity contribution < 1.29 is 19.2 Å². The summed E-state index contributed by atoms with van der Waals surface area (Å²) >= 11 is 0. The third-order valence-electron chi connectivity index (χ3n) is 20.3. The molecular formula is C78H74N6O4. The Kier molecular flexibility index (Phi) is 15.8. The number of nitriles is 2. The molecule has 2 heterocycles. The van der Waals surface area contributed by atoms with Gasteiger partial charge >= 0.3 is 0 Å². The van der Waals surface area contributed by atoms with Crippen LogP contribution in [0.15, 0.2) is 72.8 Å². The van der Waals surface area contributed by atoms with Crippen LogP contribution in [0.2, 0.25) is 0 Å². The quantitative estimate of drug-likeness (QED) is 0.0174. The number of carbonyl (C=O) groups is 4. The molecule has 13 rings (SSSR count). The van der Waals surface area contributed by atoms with Gasteiger partial charge in [0.05, 0.1) is 46.5 Å². The minimum absolute atomic E-state index is 0.170. The van der Waals surface area contributed by atoms with E-state index in [0.717, 1.165) is 215 Å². The van der Waals surface area contributed by atoms with Crippen LogP contribution < -0.4 is 0 Å². The molecule has 0 unspecified atom stereocenters. The van der Waals surface area contributed by atoms with E-state index >= 15 is 19.2 Å². The molecule has 0 N–H and O–H groups in total. The SMILES string of the molecule is [C-]#[N+]c1cc2c3ccc4c5ccc6c7cc([N+]#[C-])c8c9c(c(C#N)cc(c%10ccc(c%11ccc(c%12cc(C#N)c%13c(c1C(=O)N(C(CCCCCCC)CCCCCCC)C%13=O)c%122)c3c%114)c5c%106)c97)C(=O)N(C(CCCCCCC)CCCCCCC)C8=O. The summed E-state index contributed by atoms with van der Waals surface area (Å²) in [6.45, 7) is 26.1. The molecule has 0 radical (unpaired) electrons. The van der Waals surface area contributed by atoms with E-state index in [1.165, 1.54) is 9.80 Å². The average molecular weight is 1160 g/mol. The Morgan fingerprint density at radius 2 is 0.580 bits per heavy atom. The Hall–Kier alpha value is -8.96. The fourth-order valence-electron chi connectivity index (χ4n) is 16.2. The fraction of sp³-hybridized carbons (Fsp3) is 0.385. The Morgan fingerprint density at radius 3 is 0.841 bits per heavy atom. The van der Waals surface area contributed by atoms with E-state index in [1.54, 1.807) is 0 Å². The van der Waals surface area contributed by atoms with Crippen molar-refractivity contribution in [2.75, 3.05) is 0 Å². The first-order valence-electron chi connectivity index (χ1n) is 33.0. The second-order valence-corrected chi connectivity index (χ2v) is 25.5. The van der Waals surface area contributed by atoms with Crippen molar-refractivity contribution in [3.8, 4) is 12.1 Å². The third kappa shape index (κ3) is 8.95. The van der Waals surface area contributed by atoms with Crippen molar-refractivity contribution in [3.05, 3.63) is 129 Å².